The summed E-state index contributed by atoms with van der Waals surface area (Å²) in [5.74, 6) is 0.953. The van der Waals surface area contributed by atoms with Gasteiger partial charge in [0.25, 0.3) is 0 Å². The number of nitrogens with one attached hydrogen (secondary N) is 1. The first-order valence-electron chi connectivity index (χ1n) is 6.71. The van der Waals surface area contributed by atoms with Crippen LogP contribution >= 0.6 is 0 Å². The third-order valence-corrected chi connectivity index (χ3v) is 4.18. The molecule has 1 aromatic carbocycles. The lowest BCUT2D eigenvalue weighted by molar-refractivity contribution is 0.623. The molecule has 1 nitrogen and oxygen atoms in total. The quantitative estimate of drug-likeness (QED) is 0.814. The van der Waals surface area contributed by atoms with Crippen molar-refractivity contribution >= 4 is 0 Å². The van der Waals surface area contributed by atoms with E-state index in [1.807, 2.05) is 0 Å². The maximum Gasteiger partial charge on any atom is 0.0208 e. The number of fused-ring (bicyclic) bond motifs is 1. The summed E-state index contributed by atoms with van der Waals surface area (Å²) in [7, 11) is 0. The van der Waals surface area contributed by atoms with E-state index in [0.29, 0.717) is 0 Å². The predicted molar refractivity (Wildman–Crippen MR) is 67.5 cm³/mol. The number of rotatable bonds is 4. The zero-order valence-electron chi connectivity index (χ0n) is 10.1. The van der Waals surface area contributed by atoms with Crippen molar-refractivity contribution in [1.82, 2.24) is 5.32 Å². The number of hydrogen-bond acceptors (Lipinski definition) is 1. The van der Waals surface area contributed by atoms with E-state index in [9.17, 15) is 0 Å². The molecular weight excluding hydrogens is 194 g/mol. The SMILES string of the molecule is CCC1CC1NCc1ccc2c(c1)CCC2. The van der Waals surface area contributed by atoms with E-state index in [0.717, 1.165) is 18.5 Å². The van der Waals surface area contributed by atoms with E-state index in [1.54, 1.807) is 11.1 Å². The summed E-state index contributed by atoms with van der Waals surface area (Å²) < 4.78 is 0. The minimum absolute atomic E-state index is 0.804. The van der Waals surface area contributed by atoms with Crippen LogP contribution in [0.4, 0.5) is 0 Å². The molecule has 2 unspecified atom stereocenters. The fourth-order valence-corrected chi connectivity index (χ4v) is 2.93. The van der Waals surface area contributed by atoms with Crippen LogP contribution in [0.3, 0.4) is 0 Å². The average molecular weight is 215 g/mol. The normalized spacial score (nSPS) is 26.8. The van der Waals surface area contributed by atoms with E-state index in [1.165, 1.54) is 37.7 Å². The topological polar surface area (TPSA) is 12.0 Å². The Balaban J connectivity index is 1.59. The van der Waals surface area contributed by atoms with Gasteiger partial charge >= 0.3 is 0 Å². The molecule has 3 rings (SSSR count). The minimum atomic E-state index is 0.804. The monoisotopic (exact) mass is 215 g/mol. The maximum absolute atomic E-state index is 3.67. The highest BCUT2D eigenvalue weighted by Crippen LogP contribution is 2.33. The summed E-state index contributed by atoms with van der Waals surface area (Å²) in [6.45, 7) is 3.36. The van der Waals surface area contributed by atoms with Gasteiger partial charge in [0.1, 0.15) is 0 Å². The zero-order chi connectivity index (χ0) is 11.0. The number of benzene rings is 1. The van der Waals surface area contributed by atoms with Crippen LogP contribution in [0.1, 0.15) is 42.9 Å². The van der Waals surface area contributed by atoms with Gasteiger partial charge in [-0.1, -0.05) is 31.5 Å². The van der Waals surface area contributed by atoms with Gasteiger partial charge in [0.05, 0.1) is 0 Å². The highest BCUT2D eigenvalue weighted by atomic mass is 15.0. The lowest BCUT2D eigenvalue weighted by atomic mass is 10.1. The second-order valence-electron chi connectivity index (χ2n) is 5.35. The van der Waals surface area contributed by atoms with Crippen molar-refractivity contribution in [2.45, 2.75) is 51.6 Å². The molecule has 0 aliphatic heterocycles. The first-order valence-corrected chi connectivity index (χ1v) is 6.71. The van der Waals surface area contributed by atoms with Crippen LogP contribution in [-0.4, -0.2) is 6.04 Å². The fraction of sp³-hybridized carbons (Fsp3) is 0.600. The van der Waals surface area contributed by atoms with Crippen LogP contribution in [0, 0.1) is 5.92 Å². The Labute approximate surface area is 98.3 Å². The lowest BCUT2D eigenvalue weighted by Gasteiger charge is -2.06. The molecule has 1 fully saturated rings. The molecule has 1 saturated carbocycles. The molecule has 2 atom stereocenters. The maximum atomic E-state index is 3.67. The minimum Gasteiger partial charge on any atom is -0.310 e. The van der Waals surface area contributed by atoms with E-state index in [2.05, 4.69) is 30.4 Å². The summed E-state index contributed by atoms with van der Waals surface area (Å²) in [6.07, 6.45) is 6.67. The summed E-state index contributed by atoms with van der Waals surface area (Å²) in [5.41, 5.74) is 4.66. The second kappa shape index (κ2) is 4.21. The standard InChI is InChI=1S/C15H21N/c1-2-12-9-15(12)16-10-11-6-7-13-4-3-5-14(13)8-11/h6-8,12,15-16H,2-5,9-10H2,1H3. The molecule has 1 heteroatoms. The fourth-order valence-electron chi connectivity index (χ4n) is 2.93. The second-order valence-corrected chi connectivity index (χ2v) is 5.35. The molecule has 1 N–H and O–H groups in total. The highest BCUT2D eigenvalue weighted by molar-refractivity contribution is 5.35. The Hall–Kier alpha value is -0.820. The molecule has 0 amide bonds. The largest absolute Gasteiger partial charge is 0.310 e. The summed E-state index contributed by atoms with van der Waals surface area (Å²) in [5, 5.41) is 3.67. The van der Waals surface area contributed by atoms with Crippen molar-refractivity contribution in [3.63, 3.8) is 0 Å². The van der Waals surface area contributed by atoms with Crippen molar-refractivity contribution < 1.29 is 0 Å². The number of hydrogen-bond donors (Lipinski definition) is 1. The molecule has 16 heavy (non-hydrogen) atoms. The molecule has 0 bridgehead atoms. The van der Waals surface area contributed by atoms with Gasteiger partial charge in [-0.3, -0.25) is 0 Å². The smallest absolute Gasteiger partial charge is 0.0208 e. The molecule has 0 spiro atoms. The molecule has 0 heterocycles. The molecule has 0 aromatic heterocycles. The van der Waals surface area contributed by atoms with Gasteiger partial charge in [0.15, 0.2) is 0 Å². The lowest BCUT2D eigenvalue weighted by Crippen LogP contribution is -2.17. The van der Waals surface area contributed by atoms with Gasteiger partial charge in [0.2, 0.25) is 0 Å². The van der Waals surface area contributed by atoms with Gasteiger partial charge < -0.3 is 5.32 Å². The van der Waals surface area contributed by atoms with Gasteiger partial charge in [-0.2, -0.15) is 0 Å². The van der Waals surface area contributed by atoms with E-state index < -0.39 is 0 Å². The van der Waals surface area contributed by atoms with Crippen molar-refractivity contribution in [2.24, 2.45) is 5.92 Å². The van der Waals surface area contributed by atoms with Crippen molar-refractivity contribution in [3.05, 3.63) is 34.9 Å². The third kappa shape index (κ3) is 2.01. The molecular formula is C15H21N. The van der Waals surface area contributed by atoms with Gasteiger partial charge in [-0.05, 0) is 48.3 Å². The third-order valence-electron chi connectivity index (χ3n) is 4.18. The van der Waals surface area contributed by atoms with Crippen LogP contribution in [-0.2, 0) is 19.4 Å². The first-order chi connectivity index (χ1) is 7.86. The Bertz CT molecular complexity index is 383. The Morgan fingerprint density at radius 2 is 2.12 bits per heavy atom. The van der Waals surface area contributed by atoms with Crippen LogP contribution in [0.15, 0.2) is 18.2 Å². The van der Waals surface area contributed by atoms with Crippen LogP contribution in [0.5, 0.6) is 0 Å². The van der Waals surface area contributed by atoms with Gasteiger partial charge in [-0.25, -0.2) is 0 Å². The van der Waals surface area contributed by atoms with Gasteiger partial charge in [0, 0.05) is 12.6 Å². The molecule has 86 valence electrons. The number of aryl methyl sites for hydroxylation is 2. The molecule has 1 aromatic rings. The summed E-state index contributed by atoms with van der Waals surface area (Å²) >= 11 is 0. The zero-order valence-corrected chi connectivity index (χ0v) is 10.1. The Morgan fingerprint density at radius 1 is 1.25 bits per heavy atom. The highest BCUT2D eigenvalue weighted by Gasteiger charge is 2.34. The van der Waals surface area contributed by atoms with Crippen molar-refractivity contribution in [1.29, 1.82) is 0 Å². The Morgan fingerprint density at radius 3 is 2.94 bits per heavy atom. The summed E-state index contributed by atoms with van der Waals surface area (Å²) in [6, 6.07) is 7.86. The van der Waals surface area contributed by atoms with Crippen LogP contribution in [0.2, 0.25) is 0 Å². The van der Waals surface area contributed by atoms with Crippen LogP contribution < -0.4 is 5.32 Å². The molecule has 2 aliphatic rings. The molecule has 2 aliphatic carbocycles. The van der Waals surface area contributed by atoms with Crippen molar-refractivity contribution in [3.8, 4) is 0 Å². The van der Waals surface area contributed by atoms with E-state index in [-0.39, 0.29) is 0 Å². The van der Waals surface area contributed by atoms with E-state index >= 15 is 0 Å². The first kappa shape index (κ1) is 10.3. The average Bonchev–Trinajstić information content (AvgIpc) is 2.93. The van der Waals surface area contributed by atoms with Gasteiger partial charge in [-0.15, -0.1) is 0 Å². The summed E-state index contributed by atoms with van der Waals surface area (Å²) in [4.78, 5) is 0. The molecule has 0 radical (unpaired) electrons. The molecule has 0 saturated heterocycles. The predicted octanol–water partition coefficient (Wildman–Crippen LogP) is 3.06. The van der Waals surface area contributed by atoms with Crippen LogP contribution in [0.25, 0.3) is 0 Å². The van der Waals surface area contributed by atoms with Crippen molar-refractivity contribution in [2.75, 3.05) is 0 Å². The Kier molecular flexibility index (Phi) is 2.72. The van der Waals surface area contributed by atoms with E-state index in [4.69, 9.17) is 0 Å².